The van der Waals surface area contributed by atoms with Crippen LogP contribution in [-0.2, 0) is 0 Å². The minimum absolute atomic E-state index is 0.142. The molecule has 0 bridgehead atoms. The van der Waals surface area contributed by atoms with Gasteiger partial charge in [-0.25, -0.2) is 0 Å². The molecule has 0 spiro atoms. The second-order valence-corrected chi connectivity index (χ2v) is 3.00. The molecule has 5 heteroatoms. The molecule has 0 aliphatic rings. The summed E-state index contributed by atoms with van der Waals surface area (Å²) >= 11 is 4.55. The molecule has 0 fully saturated rings. The van der Waals surface area contributed by atoms with Gasteiger partial charge in [0.15, 0.2) is 5.11 Å². The third-order valence-corrected chi connectivity index (χ3v) is 1.45. The molecule has 4 nitrogen and oxygen atoms in total. The van der Waals surface area contributed by atoms with Crippen LogP contribution in [0.3, 0.4) is 0 Å². The minimum Gasteiger partial charge on any atom is -0.462 e. The molecule has 0 aromatic carbocycles. The number of furan rings is 1. The molecular weight excluding hydrogens is 198 g/mol. The molecule has 0 saturated heterocycles. The molecule has 0 aliphatic carbocycles. The standard InChI is InChI=1S/C9H11N3OS/c1-7-4-5-8(13-7)3-2-6-11-12-9(10)14/h2-6H,1H3,(H3,10,12,14)/b3-2+,11-6+. The Hall–Kier alpha value is -1.62. The Morgan fingerprint density at radius 2 is 2.43 bits per heavy atom. The van der Waals surface area contributed by atoms with Crippen molar-refractivity contribution < 1.29 is 4.42 Å². The Labute approximate surface area is 87.5 Å². The van der Waals surface area contributed by atoms with Crippen LogP contribution in [-0.4, -0.2) is 11.3 Å². The van der Waals surface area contributed by atoms with Gasteiger partial charge in [-0.05, 0) is 43.4 Å². The van der Waals surface area contributed by atoms with E-state index < -0.39 is 0 Å². The van der Waals surface area contributed by atoms with Crippen molar-refractivity contribution >= 4 is 29.6 Å². The van der Waals surface area contributed by atoms with Crippen molar-refractivity contribution in [3.63, 3.8) is 0 Å². The highest BCUT2D eigenvalue weighted by atomic mass is 32.1. The first kappa shape index (κ1) is 10.5. The topological polar surface area (TPSA) is 63.5 Å². The second-order valence-electron chi connectivity index (χ2n) is 2.56. The molecule has 74 valence electrons. The molecule has 14 heavy (non-hydrogen) atoms. The number of rotatable bonds is 3. The number of aryl methyl sites for hydroxylation is 1. The maximum atomic E-state index is 5.29. The molecule has 1 rings (SSSR count). The minimum atomic E-state index is 0.142. The van der Waals surface area contributed by atoms with Crippen LogP contribution < -0.4 is 11.2 Å². The zero-order valence-corrected chi connectivity index (χ0v) is 8.54. The van der Waals surface area contributed by atoms with Crippen LogP contribution in [0, 0.1) is 6.92 Å². The zero-order valence-electron chi connectivity index (χ0n) is 7.73. The summed E-state index contributed by atoms with van der Waals surface area (Å²) in [5.74, 6) is 1.66. The number of nitrogens with one attached hydrogen (secondary N) is 1. The van der Waals surface area contributed by atoms with Crippen LogP contribution in [0.1, 0.15) is 11.5 Å². The lowest BCUT2D eigenvalue weighted by molar-refractivity contribution is 0.525. The van der Waals surface area contributed by atoms with E-state index in [9.17, 15) is 0 Å². The quantitative estimate of drug-likeness (QED) is 0.449. The summed E-state index contributed by atoms with van der Waals surface area (Å²) < 4.78 is 5.29. The van der Waals surface area contributed by atoms with E-state index in [4.69, 9.17) is 10.2 Å². The van der Waals surface area contributed by atoms with Crippen molar-refractivity contribution in [2.75, 3.05) is 0 Å². The Balaban J connectivity index is 2.41. The van der Waals surface area contributed by atoms with Gasteiger partial charge in [0.2, 0.25) is 0 Å². The Morgan fingerprint density at radius 3 is 3.00 bits per heavy atom. The van der Waals surface area contributed by atoms with E-state index in [2.05, 4.69) is 22.7 Å². The third-order valence-electron chi connectivity index (χ3n) is 1.36. The molecule has 0 unspecified atom stereocenters. The number of hydrogen-bond donors (Lipinski definition) is 2. The summed E-state index contributed by atoms with van der Waals surface area (Å²) in [6.45, 7) is 1.89. The highest BCUT2D eigenvalue weighted by Gasteiger charge is 1.90. The van der Waals surface area contributed by atoms with Gasteiger partial charge in [0.25, 0.3) is 0 Å². The normalized spacial score (nSPS) is 11.2. The van der Waals surface area contributed by atoms with Crippen LogP contribution in [0.2, 0.25) is 0 Å². The fourth-order valence-corrected chi connectivity index (χ4v) is 0.877. The number of allylic oxidation sites excluding steroid dienone is 1. The van der Waals surface area contributed by atoms with E-state index in [-0.39, 0.29) is 5.11 Å². The molecule has 0 amide bonds. The molecule has 0 radical (unpaired) electrons. The van der Waals surface area contributed by atoms with Crippen molar-refractivity contribution in [3.05, 3.63) is 29.7 Å². The summed E-state index contributed by atoms with van der Waals surface area (Å²) in [6, 6.07) is 3.77. The Bertz CT molecular complexity index is 368. The van der Waals surface area contributed by atoms with Crippen molar-refractivity contribution in [2.24, 2.45) is 10.8 Å². The highest BCUT2D eigenvalue weighted by molar-refractivity contribution is 7.80. The Morgan fingerprint density at radius 1 is 1.64 bits per heavy atom. The summed E-state index contributed by atoms with van der Waals surface area (Å²) in [6.07, 6.45) is 5.05. The molecule has 0 aliphatic heterocycles. The fraction of sp³-hybridized carbons (Fsp3) is 0.111. The predicted molar refractivity (Wildman–Crippen MR) is 60.9 cm³/mol. The highest BCUT2D eigenvalue weighted by Crippen LogP contribution is 2.06. The van der Waals surface area contributed by atoms with E-state index in [0.29, 0.717) is 0 Å². The smallest absolute Gasteiger partial charge is 0.184 e. The number of hydrazone groups is 1. The fourth-order valence-electron chi connectivity index (χ4n) is 0.825. The predicted octanol–water partition coefficient (Wildman–Crippen LogP) is 1.42. The van der Waals surface area contributed by atoms with Crippen molar-refractivity contribution in [3.8, 4) is 0 Å². The summed E-state index contributed by atoms with van der Waals surface area (Å²) in [5, 5.41) is 3.87. The molecule has 1 heterocycles. The van der Waals surface area contributed by atoms with Crippen LogP contribution in [0.4, 0.5) is 0 Å². The number of nitrogens with two attached hydrogens (primary N) is 1. The second kappa shape index (κ2) is 5.18. The van der Waals surface area contributed by atoms with Gasteiger partial charge in [-0.2, -0.15) is 5.10 Å². The average Bonchev–Trinajstić information content (AvgIpc) is 2.50. The lowest BCUT2D eigenvalue weighted by Crippen LogP contribution is -2.23. The van der Waals surface area contributed by atoms with Gasteiger partial charge >= 0.3 is 0 Å². The zero-order chi connectivity index (χ0) is 10.4. The summed E-state index contributed by atoms with van der Waals surface area (Å²) in [7, 11) is 0. The monoisotopic (exact) mass is 209 g/mol. The van der Waals surface area contributed by atoms with E-state index in [1.807, 2.05) is 19.1 Å². The lowest BCUT2D eigenvalue weighted by atomic mass is 10.4. The molecule has 0 atom stereocenters. The first-order valence-electron chi connectivity index (χ1n) is 4.00. The number of thiocarbonyl (C=S) groups is 1. The van der Waals surface area contributed by atoms with Gasteiger partial charge in [0, 0.05) is 6.21 Å². The molecule has 1 aromatic rings. The van der Waals surface area contributed by atoms with E-state index >= 15 is 0 Å². The van der Waals surface area contributed by atoms with Crippen LogP contribution >= 0.6 is 12.2 Å². The van der Waals surface area contributed by atoms with Crippen LogP contribution in [0.15, 0.2) is 27.7 Å². The van der Waals surface area contributed by atoms with Gasteiger partial charge < -0.3 is 10.2 Å². The number of hydrogen-bond acceptors (Lipinski definition) is 3. The first-order chi connectivity index (χ1) is 6.68. The van der Waals surface area contributed by atoms with Gasteiger partial charge in [0.1, 0.15) is 11.5 Å². The van der Waals surface area contributed by atoms with E-state index in [0.717, 1.165) is 11.5 Å². The summed E-state index contributed by atoms with van der Waals surface area (Å²) in [5.41, 5.74) is 7.59. The molecule has 3 N–H and O–H groups in total. The van der Waals surface area contributed by atoms with Crippen molar-refractivity contribution in [1.29, 1.82) is 0 Å². The summed E-state index contributed by atoms with van der Waals surface area (Å²) in [4.78, 5) is 0. The van der Waals surface area contributed by atoms with Crippen molar-refractivity contribution in [2.45, 2.75) is 6.92 Å². The van der Waals surface area contributed by atoms with Gasteiger partial charge in [-0.1, -0.05) is 0 Å². The molecule has 0 saturated carbocycles. The SMILES string of the molecule is Cc1ccc(/C=C/C=N/NC(N)=S)o1. The average molecular weight is 209 g/mol. The van der Waals surface area contributed by atoms with Gasteiger partial charge in [-0.3, -0.25) is 5.43 Å². The molecule has 1 aromatic heterocycles. The largest absolute Gasteiger partial charge is 0.462 e. The third kappa shape index (κ3) is 3.86. The Kier molecular flexibility index (Phi) is 3.87. The molecular formula is C9H11N3OS. The van der Waals surface area contributed by atoms with Gasteiger partial charge in [-0.15, -0.1) is 0 Å². The van der Waals surface area contributed by atoms with E-state index in [1.165, 1.54) is 6.21 Å². The maximum Gasteiger partial charge on any atom is 0.184 e. The van der Waals surface area contributed by atoms with Crippen LogP contribution in [0.5, 0.6) is 0 Å². The van der Waals surface area contributed by atoms with Crippen molar-refractivity contribution in [1.82, 2.24) is 5.43 Å². The van der Waals surface area contributed by atoms with E-state index in [1.54, 1.807) is 12.2 Å². The lowest BCUT2D eigenvalue weighted by Gasteiger charge is -1.90. The first-order valence-corrected chi connectivity index (χ1v) is 4.41. The maximum absolute atomic E-state index is 5.29. The van der Waals surface area contributed by atoms with Gasteiger partial charge in [0.05, 0.1) is 0 Å². The number of nitrogens with zero attached hydrogens (tertiary/aromatic N) is 1. The van der Waals surface area contributed by atoms with Crippen LogP contribution in [0.25, 0.3) is 6.08 Å².